The molecule has 2 aromatic heterocycles. The summed E-state index contributed by atoms with van der Waals surface area (Å²) in [5.74, 6) is 0.103. The van der Waals surface area contributed by atoms with Crippen LogP contribution in [0.1, 0.15) is 0 Å². The second-order valence-electron chi connectivity index (χ2n) is 5.98. The molecule has 2 heterocycles. The number of benzene rings is 1. The zero-order valence-corrected chi connectivity index (χ0v) is 15.7. The van der Waals surface area contributed by atoms with Crippen molar-refractivity contribution in [3.05, 3.63) is 65.4 Å². The van der Waals surface area contributed by atoms with Crippen molar-refractivity contribution >= 4 is 9.84 Å². The van der Waals surface area contributed by atoms with Gasteiger partial charge in [0.2, 0.25) is 5.95 Å². The molecule has 28 heavy (non-hydrogen) atoms. The summed E-state index contributed by atoms with van der Waals surface area (Å²) in [6.07, 6.45) is 5.75. The van der Waals surface area contributed by atoms with E-state index in [0.717, 1.165) is 21.1 Å². The number of hydrogen-bond acceptors (Lipinski definition) is 7. The first-order chi connectivity index (χ1) is 13.3. The Morgan fingerprint density at radius 2 is 1.82 bits per heavy atom. The molecule has 3 rings (SSSR count). The largest absolute Gasteiger partial charge is 0.353 e. The van der Waals surface area contributed by atoms with Crippen LogP contribution in [0.5, 0.6) is 0 Å². The topological polar surface area (TPSA) is 126 Å². The Kier molecular flexibility index (Phi) is 5.47. The number of hydrogen-bond donors (Lipinski definition) is 1. The molecule has 0 bridgehead atoms. The minimum Gasteiger partial charge on any atom is -0.327 e. The summed E-state index contributed by atoms with van der Waals surface area (Å²) in [7, 11) is -3.27. The maximum atomic E-state index is 12.7. The summed E-state index contributed by atoms with van der Waals surface area (Å²) in [5.41, 5.74) is 6.45. The van der Waals surface area contributed by atoms with Crippen LogP contribution < -0.4 is 11.4 Å². The average Bonchev–Trinajstić information content (AvgIpc) is 3.06. The fourth-order valence-electron chi connectivity index (χ4n) is 2.41. The maximum Gasteiger partial charge on any atom is 0.353 e. The monoisotopic (exact) mass is 404 g/mol. The van der Waals surface area contributed by atoms with Crippen molar-refractivity contribution in [1.29, 1.82) is 0 Å². The Balaban J connectivity index is 1.85. The number of halogens is 1. The maximum absolute atomic E-state index is 12.7. The lowest BCUT2D eigenvalue weighted by Gasteiger charge is -2.04. The van der Waals surface area contributed by atoms with Gasteiger partial charge in [0.15, 0.2) is 9.84 Å². The quantitative estimate of drug-likeness (QED) is 0.641. The van der Waals surface area contributed by atoms with Gasteiger partial charge in [-0.1, -0.05) is 12.1 Å². The lowest BCUT2D eigenvalue weighted by atomic mass is 10.1. The third kappa shape index (κ3) is 4.05. The first kappa shape index (κ1) is 19.6. The summed E-state index contributed by atoms with van der Waals surface area (Å²) in [5, 5.41) is 3.91. The third-order valence-electron chi connectivity index (χ3n) is 3.97. The Bertz CT molecular complexity index is 1160. The van der Waals surface area contributed by atoms with Crippen molar-refractivity contribution in [1.82, 2.24) is 24.3 Å². The zero-order valence-electron chi connectivity index (χ0n) is 14.9. The molecule has 0 unspecified atom stereocenters. The second kappa shape index (κ2) is 7.82. The molecular formula is C17H17FN6O3S. The van der Waals surface area contributed by atoms with Crippen molar-refractivity contribution in [2.24, 2.45) is 5.73 Å². The summed E-state index contributed by atoms with van der Waals surface area (Å²) >= 11 is 0. The van der Waals surface area contributed by atoms with E-state index in [1.807, 2.05) is 0 Å². The Morgan fingerprint density at radius 1 is 1.18 bits per heavy atom. The standard InChI is InChI=1S/C17H17FN6O3S/c1-28(26,27)15-4-2-13(3-5-15)14-8-20-16(21-9-14)23-11-22-24(17(23)25)10-12(6-18)7-19/h2-6,8-9,11H,7,10,19H2,1H3/b12-6+. The fraction of sp³-hybridized carbons (Fsp3) is 0.176. The van der Waals surface area contributed by atoms with E-state index < -0.39 is 15.5 Å². The zero-order chi connectivity index (χ0) is 20.3. The van der Waals surface area contributed by atoms with Crippen molar-refractivity contribution < 1.29 is 12.8 Å². The van der Waals surface area contributed by atoms with Gasteiger partial charge in [-0.15, -0.1) is 0 Å². The molecule has 0 fully saturated rings. The van der Waals surface area contributed by atoms with E-state index in [9.17, 15) is 17.6 Å². The van der Waals surface area contributed by atoms with E-state index in [-0.39, 0.29) is 29.5 Å². The molecule has 2 N–H and O–H groups in total. The van der Waals surface area contributed by atoms with Crippen LogP contribution in [0.15, 0.2) is 64.6 Å². The van der Waals surface area contributed by atoms with Gasteiger partial charge in [0.05, 0.1) is 17.8 Å². The number of nitrogens with zero attached hydrogens (tertiary/aromatic N) is 5. The highest BCUT2D eigenvalue weighted by molar-refractivity contribution is 7.90. The van der Waals surface area contributed by atoms with Crippen LogP contribution in [0.3, 0.4) is 0 Å². The first-order valence-electron chi connectivity index (χ1n) is 8.09. The molecule has 9 nitrogen and oxygen atoms in total. The van der Waals surface area contributed by atoms with Gasteiger partial charge in [0.25, 0.3) is 0 Å². The molecule has 0 aliphatic heterocycles. The molecule has 3 aromatic rings. The average molecular weight is 404 g/mol. The predicted octanol–water partition coefficient (Wildman–Crippen LogP) is 0.707. The normalized spacial score (nSPS) is 12.3. The van der Waals surface area contributed by atoms with Gasteiger partial charge in [-0.3, -0.25) is 0 Å². The molecule has 0 atom stereocenters. The highest BCUT2D eigenvalue weighted by Crippen LogP contribution is 2.20. The third-order valence-corrected chi connectivity index (χ3v) is 5.10. The predicted molar refractivity (Wildman–Crippen MR) is 100 cm³/mol. The van der Waals surface area contributed by atoms with Gasteiger partial charge >= 0.3 is 5.69 Å². The summed E-state index contributed by atoms with van der Waals surface area (Å²) in [4.78, 5) is 20.9. The summed E-state index contributed by atoms with van der Waals surface area (Å²) in [6, 6.07) is 6.30. The van der Waals surface area contributed by atoms with Crippen LogP contribution in [0.2, 0.25) is 0 Å². The lowest BCUT2D eigenvalue weighted by molar-refractivity contribution is 0.602. The fourth-order valence-corrected chi connectivity index (χ4v) is 3.04. The van der Waals surface area contributed by atoms with Gasteiger partial charge < -0.3 is 5.73 Å². The number of aromatic nitrogens is 5. The smallest absolute Gasteiger partial charge is 0.327 e. The Morgan fingerprint density at radius 3 is 2.36 bits per heavy atom. The van der Waals surface area contributed by atoms with E-state index in [2.05, 4.69) is 15.1 Å². The van der Waals surface area contributed by atoms with Crippen LogP contribution in [-0.4, -0.2) is 45.5 Å². The van der Waals surface area contributed by atoms with Crippen molar-refractivity contribution in [2.75, 3.05) is 12.8 Å². The molecule has 0 aliphatic rings. The van der Waals surface area contributed by atoms with E-state index in [4.69, 9.17) is 5.73 Å². The van der Waals surface area contributed by atoms with Gasteiger partial charge in [0.1, 0.15) is 6.33 Å². The van der Waals surface area contributed by atoms with Gasteiger partial charge in [-0.25, -0.2) is 36.8 Å². The minimum absolute atomic E-state index is 0.0287. The highest BCUT2D eigenvalue weighted by Gasteiger charge is 2.11. The van der Waals surface area contributed by atoms with E-state index in [1.165, 1.54) is 30.9 Å². The molecular weight excluding hydrogens is 387 g/mol. The SMILES string of the molecule is CS(=O)(=O)c1ccc(-c2cnc(-n3cnn(C/C(=C/F)CN)c3=O)nc2)cc1. The van der Waals surface area contributed by atoms with E-state index in [0.29, 0.717) is 11.9 Å². The first-order valence-corrected chi connectivity index (χ1v) is 9.98. The molecule has 1 aromatic carbocycles. The van der Waals surface area contributed by atoms with Crippen LogP contribution >= 0.6 is 0 Å². The molecule has 0 spiro atoms. The molecule has 0 aliphatic carbocycles. The molecule has 0 saturated carbocycles. The van der Waals surface area contributed by atoms with Crippen molar-refractivity contribution in [3.63, 3.8) is 0 Å². The number of sulfone groups is 1. The Hall–Kier alpha value is -3.18. The van der Waals surface area contributed by atoms with Crippen LogP contribution in [0.4, 0.5) is 4.39 Å². The van der Waals surface area contributed by atoms with Crippen LogP contribution in [0, 0.1) is 0 Å². The molecule has 11 heteroatoms. The van der Waals surface area contributed by atoms with Crippen molar-refractivity contribution in [3.8, 4) is 17.1 Å². The molecule has 0 saturated heterocycles. The highest BCUT2D eigenvalue weighted by atomic mass is 32.2. The molecule has 146 valence electrons. The Labute approximate surface area is 159 Å². The molecule has 0 radical (unpaired) electrons. The summed E-state index contributed by atoms with van der Waals surface area (Å²) in [6.45, 7) is -0.0945. The van der Waals surface area contributed by atoms with Crippen LogP contribution in [0.25, 0.3) is 17.1 Å². The molecule has 0 amide bonds. The summed E-state index contributed by atoms with van der Waals surface area (Å²) < 4.78 is 37.9. The minimum atomic E-state index is -3.27. The second-order valence-corrected chi connectivity index (χ2v) is 8.00. The van der Waals surface area contributed by atoms with Crippen LogP contribution in [-0.2, 0) is 16.4 Å². The van der Waals surface area contributed by atoms with Crippen molar-refractivity contribution in [2.45, 2.75) is 11.4 Å². The van der Waals surface area contributed by atoms with Gasteiger partial charge in [-0.2, -0.15) is 5.10 Å². The lowest BCUT2D eigenvalue weighted by Crippen LogP contribution is -2.26. The van der Waals surface area contributed by atoms with Gasteiger partial charge in [-0.05, 0) is 23.3 Å². The van der Waals surface area contributed by atoms with E-state index >= 15 is 0 Å². The van der Waals surface area contributed by atoms with E-state index in [1.54, 1.807) is 12.1 Å². The van der Waals surface area contributed by atoms with Gasteiger partial charge in [0, 0.05) is 30.8 Å². The number of nitrogens with two attached hydrogens (primary N) is 1. The number of rotatable bonds is 6.